The summed E-state index contributed by atoms with van der Waals surface area (Å²) in [6, 6.07) is 16.5. The monoisotopic (exact) mass is 376 g/mol. The second-order valence-corrected chi connectivity index (χ2v) is 6.74. The van der Waals surface area contributed by atoms with Crippen LogP contribution in [0.3, 0.4) is 0 Å². The van der Waals surface area contributed by atoms with Gasteiger partial charge >= 0.3 is 5.97 Å². The van der Waals surface area contributed by atoms with Crippen LogP contribution in [0.1, 0.15) is 5.56 Å². The van der Waals surface area contributed by atoms with Gasteiger partial charge in [0.05, 0.1) is 7.11 Å². The number of methoxy groups -OCH3 is 1. The molecule has 130 valence electrons. The lowest BCUT2D eigenvalue weighted by molar-refractivity contribution is -0.132. The van der Waals surface area contributed by atoms with E-state index in [4.69, 9.17) is 11.6 Å². The molecule has 0 saturated heterocycles. The highest BCUT2D eigenvalue weighted by Crippen LogP contribution is 2.25. The average Bonchev–Trinajstić information content (AvgIpc) is 2.66. The Labute approximate surface area is 154 Å². The van der Waals surface area contributed by atoms with Gasteiger partial charge < -0.3 is 9.29 Å². The SMILES string of the molecule is C=C(C[S+]([O-])c1ccccc1N/N=C(/Cl)C(=O)OC)c1ccccc1. The van der Waals surface area contributed by atoms with Gasteiger partial charge in [0.1, 0.15) is 11.4 Å². The van der Waals surface area contributed by atoms with Crippen LogP contribution in [0.25, 0.3) is 5.57 Å². The van der Waals surface area contributed by atoms with Crippen molar-refractivity contribution in [2.45, 2.75) is 4.90 Å². The first-order valence-electron chi connectivity index (χ1n) is 7.31. The summed E-state index contributed by atoms with van der Waals surface area (Å²) in [6.07, 6.45) is 0. The normalized spacial score (nSPS) is 12.4. The lowest BCUT2D eigenvalue weighted by Gasteiger charge is -2.15. The van der Waals surface area contributed by atoms with Crippen LogP contribution in [0.4, 0.5) is 5.69 Å². The van der Waals surface area contributed by atoms with Crippen molar-refractivity contribution in [3.05, 3.63) is 66.7 Å². The quantitative estimate of drug-likeness (QED) is 0.346. The maximum Gasteiger partial charge on any atom is 0.370 e. The minimum Gasteiger partial charge on any atom is -0.611 e. The summed E-state index contributed by atoms with van der Waals surface area (Å²) in [4.78, 5) is 11.8. The summed E-state index contributed by atoms with van der Waals surface area (Å²) in [5.74, 6) is -0.484. The third-order valence-corrected chi connectivity index (χ3v) is 4.94. The van der Waals surface area contributed by atoms with E-state index in [9.17, 15) is 9.35 Å². The molecule has 0 aliphatic rings. The van der Waals surface area contributed by atoms with Crippen molar-refractivity contribution >= 4 is 45.2 Å². The minimum atomic E-state index is -1.34. The van der Waals surface area contributed by atoms with Crippen LogP contribution in [-0.2, 0) is 20.7 Å². The molecule has 2 rings (SSSR count). The second kappa shape index (κ2) is 9.27. The number of halogens is 1. The van der Waals surface area contributed by atoms with Crippen molar-refractivity contribution < 1.29 is 14.1 Å². The van der Waals surface area contributed by atoms with Crippen LogP contribution in [0.5, 0.6) is 0 Å². The molecule has 0 aromatic heterocycles. The molecule has 0 bridgehead atoms. The molecule has 0 aliphatic carbocycles. The van der Waals surface area contributed by atoms with Gasteiger partial charge in [-0.25, -0.2) is 4.79 Å². The largest absolute Gasteiger partial charge is 0.611 e. The number of para-hydroxylation sites is 1. The number of nitrogens with zero attached hydrogens (tertiary/aromatic N) is 1. The predicted molar refractivity (Wildman–Crippen MR) is 102 cm³/mol. The maximum atomic E-state index is 12.7. The zero-order chi connectivity index (χ0) is 18.2. The molecular weight excluding hydrogens is 360 g/mol. The highest BCUT2D eigenvalue weighted by molar-refractivity contribution is 7.92. The molecule has 0 spiro atoms. The van der Waals surface area contributed by atoms with E-state index in [0.717, 1.165) is 11.1 Å². The van der Waals surface area contributed by atoms with Crippen LogP contribution >= 0.6 is 11.6 Å². The van der Waals surface area contributed by atoms with Crippen LogP contribution in [0.2, 0.25) is 0 Å². The molecule has 1 atom stereocenters. The van der Waals surface area contributed by atoms with Gasteiger partial charge in [-0.05, 0) is 28.9 Å². The Morgan fingerprint density at radius 3 is 2.56 bits per heavy atom. The maximum absolute atomic E-state index is 12.7. The molecule has 0 aliphatic heterocycles. The second-order valence-electron chi connectivity index (χ2n) is 4.96. The number of anilines is 1. The molecular formula is C18H17ClN2O3S. The Kier molecular flexibility index (Phi) is 7.06. The van der Waals surface area contributed by atoms with E-state index in [1.165, 1.54) is 7.11 Å². The topological polar surface area (TPSA) is 73.8 Å². The van der Waals surface area contributed by atoms with Gasteiger partial charge in [0.25, 0.3) is 0 Å². The average molecular weight is 377 g/mol. The first-order chi connectivity index (χ1) is 12.0. The van der Waals surface area contributed by atoms with Crippen molar-refractivity contribution in [1.29, 1.82) is 0 Å². The van der Waals surface area contributed by atoms with Crippen LogP contribution in [-0.4, -0.2) is 28.6 Å². The highest BCUT2D eigenvalue weighted by atomic mass is 35.5. The number of ether oxygens (including phenoxy) is 1. The van der Waals surface area contributed by atoms with Crippen molar-refractivity contribution in [1.82, 2.24) is 0 Å². The van der Waals surface area contributed by atoms with E-state index in [1.807, 2.05) is 30.3 Å². The molecule has 0 heterocycles. The molecule has 0 amide bonds. The first kappa shape index (κ1) is 19.1. The molecule has 2 aromatic rings. The zero-order valence-electron chi connectivity index (χ0n) is 13.6. The standard InChI is InChI=1S/C18H17ClN2O3S/c1-13(14-8-4-3-5-9-14)12-25(23)16-11-7-6-10-15(16)20-21-17(19)18(22)24-2/h3-11,20H,1,12H2,2H3/b21-17+. The Morgan fingerprint density at radius 1 is 1.24 bits per heavy atom. The summed E-state index contributed by atoms with van der Waals surface area (Å²) in [5, 5.41) is 3.40. The Morgan fingerprint density at radius 2 is 1.88 bits per heavy atom. The van der Waals surface area contributed by atoms with E-state index in [-0.39, 0.29) is 10.9 Å². The van der Waals surface area contributed by atoms with Gasteiger partial charge in [0.15, 0.2) is 4.90 Å². The number of esters is 1. The summed E-state index contributed by atoms with van der Waals surface area (Å²) in [6.45, 7) is 4.01. The van der Waals surface area contributed by atoms with Crippen LogP contribution < -0.4 is 5.43 Å². The number of hydrogen-bond donors (Lipinski definition) is 1. The van der Waals surface area contributed by atoms with E-state index >= 15 is 0 Å². The molecule has 5 nitrogen and oxygen atoms in total. The first-order valence-corrected chi connectivity index (χ1v) is 9.00. The summed E-state index contributed by atoms with van der Waals surface area (Å²) in [7, 11) is 1.21. The number of hydrazone groups is 1. The third-order valence-electron chi connectivity index (χ3n) is 3.25. The number of hydrogen-bond acceptors (Lipinski definition) is 5. The molecule has 0 fully saturated rings. The number of carbonyl (C=O) groups excluding carboxylic acids is 1. The Balaban J connectivity index is 2.14. The minimum absolute atomic E-state index is 0.275. The van der Waals surface area contributed by atoms with Gasteiger partial charge in [0.2, 0.25) is 5.17 Å². The van der Waals surface area contributed by atoms with E-state index in [1.54, 1.807) is 24.3 Å². The number of rotatable bonds is 7. The summed E-state index contributed by atoms with van der Waals surface area (Å²) >= 11 is 4.36. The van der Waals surface area contributed by atoms with Gasteiger partial charge in [0, 0.05) is 5.57 Å². The van der Waals surface area contributed by atoms with Crippen molar-refractivity contribution in [2.24, 2.45) is 5.10 Å². The number of nitrogens with one attached hydrogen (secondary N) is 1. The fourth-order valence-electron chi connectivity index (χ4n) is 1.99. The van der Waals surface area contributed by atoms with E-state index < -0.39 is 17.1 Å². The summed E-state index contributed by atoms with van der Waals surface area (Å²) < 4.78 is 17.2. The number of benzene rings is 2. The fourth-order valence-corrected chi connectivity index (χ4v) is 3.34. The van der Waals surface area contributed by atoms with Crippen LogP contribution in [0.15, 0.2) is 71.2 Å². The summed E-state index contributed by atoms with van der Waals surface area (Å²) in [5.41, 5.74) is 4.85. The smallest absolute Gasteiger partial charge is 0.370 e. The molecule has 0 radical (unpaired) electrons. The Hall–Kier alpha value is -2.28. The molecule has 1 unspecified atom stereocenters. The van der Waals surface area contributed by atoms with Gasteiger partial charge in [-0.15, -0.1) is 0 Å². The van der Waals surface area contributed by atoms with Crippen molar-refractivity contribution in [2.75, 3.05) is 18.3 Å². The predicted octanol–water partition coefficient (Wildman–Crippen LogP) is 3.64. The van der Waals surface area contributed by atoms with Gasteiger partial charge in [-0.3, -0.25) is 5.43 Å². The van der Waals surface area contributed by atoms with E-state index in [2.05, 4.69) is 21.8 Å². The lowest BCUT2D eigenvalue weighted by Crippen LogP contribution is -2.13. The fraction of sp³-hybridized carbons (Fsp3) is 0.111. The number of carbonyl (C=O) groups is 1. The van der Waals surface area contributed by atoms with Gasteiger partial charge in [-0.1, -0.05) is 60.6 Å². The van der Waals surface area contributed by atoms with Crippen molar-refractivity contribution in [3.63, 3.8) is 0 Å². The van der Waals surface area contributed by atoms with Crippen LogP contribution in [0, 0.1) is 0 Å². The zero-order valence-corrected chi connectivity index (χ0v) is 15.1. The van der Waals surface area contributed by atoms with E-state index in [0.29, 0.717) is 10.6 Å². The van der Waals surface area contributed by atoms with Gasteiger partial charge in [-0.2, -0.15) is 5.10 Å². The molecule has 2 aromatic carbocycles. The third kappa shape index (κ3) is 5.35. The molecule has 25 heavy (non-hydrogen) atoms. The molecule has 0 saturated carbocycles. The van der Waals surface area contributed by atoms with Crippen molar-refractivity contribution in [3.8, 4) is 0 Å². The Bertz CT molecular complexity index is 781. The molecule has 7 heteroatoms. The highest BCUT2D eigenvalue weighted by Gasteiger charge is 2.18. The molecule has 1 N–H and O–H groups in total. The lowest BCUT2D eigenvalue weighted by atomic mass is 10.1.